The summed E-state index contributed by atoms with van der Waals surface area (Å²) >= 11 is 15.1. The van der Waals surface area contributed by atoms with Crippen molar-refractivity contribution in [2.24, 2.45) is 0 Å². The van der Waals surface area contributed by atoms with E-state index in [0.29, 0.717) is 21.2 Å². The Morgan fingerprint density at radius 3 is 2.71 bits per heavy atom. The summed E-state index contributed by atoms with van der Waals surface area (Å²) < 4.78 is 0.739. The molecule has 1 aromatic carbocycles. The van der Waals surface area contributed by atoms with Crippen molar-refractivity contribution in [3.8, 4) is 0 Å². The van der Waals surface area contributed by atoms with Gasteiger partial charge < -0.3 is 5.73 Å². The van der Waals surface area contributed by atoms with Gasteiger partial charge in [0.2, 0.25) is 0 Å². The molecule has 2 nitrogen and oxygen atoms in total. The number of fused-ring (bicyclic) bond motifs is 1. The van der Waals surface area contributed by atoms with E-state index in [1.54, 1.807) is 18.3 Å². The summed E-state index contributed by atoms with van der Waals surface area (Å²) in [6, 6.07) is 3.39. The Balaban J connectivity index is 2.95. The van der Waals surface area contributed by atoms with Crippen LogP contribution in [-0.2, 0) is 0 Å². The minimum Gasteiger partial charge on any atom is -0.397 e. The van der Waals surface area contributed by atoms with Gasteiger partial charge in [-0.25, -0.2) is 0 Å². The molecule has 0 saturated heterocycles. The second kappa shape index (κ2) is 3.57. The van der Waals surface area contributed by atoms with Crippen LogP contribution in [0.4, 0.5) is 5.69 Å². The van der Waals surface area contributed by atoms with Gasteiger partial charge in [-0.3, -0.25) is 4.98 Å². The van der Waals surface area contributed by atoms with Crippen LogP contribution in [0.5, 0.6) is 0 Å². The van der Waals surface area contributed by atoms with E-state index in [9.17, 15) is 0 Å². The number of anilines is 1. The molecule has 2 rings (SSSR count). The Hall–Kier alpha value is -0.510. The summed E-state index contributed by atoms with van der Waals surface area (Å²) in [5, 5.41) is 1.82. The fraction of sp³-hybridized carbons (Fsp3) is 0. The normalized spacial score (nSPS) is 10.8. The number of hydrogen-bond donors (Lipinski definition) is 1. The molecule has 0 aliphatic rings. The molecule has 0 aliphatic carbocycles. The molecule has 0 saturated carbocycles. The second-order valence-corrected chi connectivity index (χ2v) is 4.50. The standard InChI is InChI=1S/C9H5BrCl2N2/c10-6-3-14-9-5(8(6)13)1-4(11)2-7(9)12/h1-3H,(H2,13,14). The maximum Gasteiger partial charge on any atom is 0.0910 e. The highest BCUT2D eigenvalue weighted by Gasteiger charge is 2.07. The van der Waals surface area contributed by atoms with Crippen LogP contribution < -0.4 is 5.73 Å². The van der Waals surface area contributed by atoms with Crippen molar-refractivity contribution in [2.75, 3.05) is 5.73 Å². The van der Waals surface area contributed by atoms with Crippen molar-refractivity contribution in [3.63, 3.8) is 0 Å². The van der Waals surface area contributed by atoms with Gasteiger partial charge in [-0.1, -0.05) is 23.2 Å². The zero-order valence-electron chi connectivity index (χ0n) is 6.89. The third-order valence-electron chi connectivity index (χ3n) is 1.88. The average Bonchev–Trinajstić information content (AvgIpc) is 2.12. The first kappa shape index (κ1) is 10.0. The lowest BCUT2D eigenvalue weighted by Gasteiger charge is -2.05. The SMILES string of the molecule is Nc1c(Br)cnc2c(Cl)cc(Cl)cc12. The van der Waals surface area contributed by atoms with Crippen LogP contribution in [0.15, 0.2) is 22.8 Å². The van der Waals surface area contributed by atoms with Gasteiger partial charge in [0.1, 0.15) is 0 Å². The summed E-state index contributed by atoms with van der Waals surface area (Å²) in [6.07, 6.45) is 1.62. The summed E-state index contributed by atoms with van der Waals surface area (Å²) in [5.74, 6) is 0. The highest BCUT2D eigenvalue weighted by molar-refractivity contribution is 9.10. The van der Waals surface area contributed by atoms with Gasteiger partial charge in [-0.2, -0.15) is 0 Å². The molecule has 1 heterocycles. The number of nitrogen functional groups attached to an aromatic ring is 1. The molecule has 0 bridgehead atoms. The Kier molecular flexibility index (Phi) is 2.56. The van der Waals surface area contributed by atoms with Crippen molar-refractivity contribution in [1.29, 1.82) is 0 Å². The largest absolute Gasteiger partial charge is 0.397 e. The fourth-order valence-electron chi connectivity index (χ4n) is 1.22. The van der Waals surface area contributed by atoms with Gasteiger partial charge in [0.15, 0.2) is 0 Å². The number of halogens is 3. The smallest absolute Gasteiger partial charge is 0.0910 e. The van der Waals surface area contributed by atoms with Gasteiger partial charge in [-0.15, -0.1) is 0 Å². The molecule has 0 unspecified atom stereocenters. The zero-order chi connectivity index (χ0) is 10.3. The van der Waals surface area contributed by atoms with Gasteiger partial charge in [-0.05, 0) is 28.1 Å². The summed E-state index contributed by atoms with van der Waals surface area (Å²) in [7, 11) is 0. The van der Waals surface area contributed by atoms with E-state index in [2.05, 4.69) is 20.9 Å². The van der Waals surface area contributed by atoms with E-state index in [4.69, 9.17) is 28.9 Å². The maximum atomic E-state index is 5.97. The van der Waals surface area contributed by atoms with Crippen LogP contribution in [0.1, 0.15) is 0 Å². The van der Waals surface area contributed by atoms with Crippen LogP contribution >= 0.6 is 39.1 Å². The molecule has 0 atom stereocenters. The number of pyridine rings is 1. The highest BCUT2D eigenvalue weighted by atomic mass is 79.9. The third kappa shape index (κ3) is 1.56. The van der Waals surface area contributed by atoms with E-state index in [-0.39, 0.29) is 0 Å². The number of nitrogens with zero attached hydrogens (tertiary/aromatic N) is 1. The topological polar surface area (TPSA) is 38.9 Å². The van der Waals surface area contributed by atoms with Crippen LogP contribution in [-0.4, -0.2) is 4.98 Å². The second-order valence-electron chi connectivity index (χ2n) is 2.80. The molecule has 2 aromatic rings. The molecule has 5 heteroatoms. The first-order valence-corrected chi connectivity index (χ1v) is 5.33. The first-order valence-electron chi connectivity index (χ1n) is 3.78. The molecule has 0 amide bonds. The van der Waals surface area contributed by atoms with Crippen molar-refractivity contribution in [1.82, 2.24) is 4.98 Å². The quantitative estimate of drug-likeness (QED) is 0.800. The molecular weight excluding hydrogens is 287 g/mol. The van der Waals surface area contributed by atoms with Crippen molar-refractivity contribution in [3.05, 3.63) is 32.8 Å². The number of rotatable bonds is 0. The predicted molar refractivity (Wildman–Crippen MR) is 63.9 cm³/mol. The van der Waals surface area contributed by atoms with Crippen LogP contribution in [0.25, 0.3) is 10.9 Å². The van der Waals surface area contributed by atoms with Crippen LogP contribution in [0.3, 0.4) is 0 Å². The first-order chi connectivity index (χ1) is 6.59. The molecule has 0 spiro atoms. The molecule has 1 aromatic heterocycles. The minimum atomic E-state index is 0.506. The number of hydrogen-bond acceptors (Lipinski definition) is 2. The summed E-state index contributed by atoms with van der Waals surface area (Å²) in [4.78, 5) is 4.16. The molecule has 0 fully saturated rings. The zero-order valence-corrected chi connectivity index (χ0v) is 9.99. The lowest BCUT2D eigenvalue weighted by Crippen LogP contribution is -1.91. The molecular formula is C9H5BrCl2N2. The molecule has 14 heavy (non-hydrogen) atoms. The maximum absolute atomic E-state index is 5.97. The number of aromatic nitrogens is 1. The van der Waals surface area contributed by atoms with Crippen LogP contribution in [0, 0.1) is 0 Å². The molecule has 2 N–H and O–H groups in total. The van der Waals surface area contributed by atoms with E-state index in [1.807, 2.05) is 0 Å². The Labute approximate surface area is 99.1 Å². The number of nitrogens with two attached hydrogens (primary N) is 1. The van der Waals surface area contributed by atoms with Gasteiger partial charge in [0.05, 0.1) is 20.7 Å². The van der Waals surface area contributed by atoms with Crippen LogP contribution in [0.2, 0.25) is 10.0 Å². The number of benzene rings is 1. The monoisotopic (exact) mass is 290 g/mol. The van der Waals surface area contributed by atoms with E-state index in [0.717, 1.165) is 9.86 Å². The molecule has 72 valence electrons. The van der Waals surface area contributed by atoms with Gasteiger partial charge in [0.25, 0.3) is 0 Å². The fourth-order valence-corrected chi connectivity index (χ4v) is 2.08. The van der Waals surface area contributed by atoms with E-state index in [1.165, 1.54) is 0 Å². The Morgan fingerprint density at radius 2 is 2.00 bits per heavy atom. The lowest BCUT2D eigenvalue weighted by molar-refractivity contribution is 1.39. The van der Waals surface area contributed by atoms with Crippen molar-refractivity contribution < 1.29 is 0 Å². The van der Waals surface area contributed by atoms with Crippen molar-refractivity contribution >= 4 is 55.7 Å². The molecule has 0 radical (unpaired) electrons. The predicted octanol–water partition coefficient (Wildman–Crippen LogP) is 3.89. The Bertz CT molecular complexity index is 514. The van der Waals surface area contributed by atoms with E-state index >= 15 is 0 Å². The highest BCUT2D eigenvalue weighted by Crippen LogP contribution is 2.33. The third-order valence-corrected chi connectivity index (χ3v) is 3.02. The molecule has 0 aliphatic heterocycles. The summed E-state index contributed by atoms with van der Waals surface area (Å²) in [5.41, 5.74) is 7.11. The average molecular weight is 292 g/mol. The summed E-state index contributed by atoms with van der Waals surface area (Å²) in [6.45, 7) is 0. The van der Waals surface area contributed by atoms with Gasteiger partial charge in [0, 0.05) is 16.6 Å². The Morgan fingerprint density at radius 1 is 1.29 bits per heavy atom. The minimum absolute atomic E-state index is 0.506. The van der Waals surface area contributed by atoms with Gasteiger partial charge >= 0.3 is 0 Å². The van der Waals surface area contributed by atoms with E-state index < -0.39 is 0 Å². The van der Waals surface area contributed by atoms with Crippen molar-refractivity contribution in [2.45, 2.75) is 0 Å². The lowest BCUT2D eigenvalue weighted by atomic mass is 10.2.